The summed E-state index contributed by atoms with van der Waals surface area (Å²) in [5.41, 5.74) is 3.41. The molecule has 0 unspecified atom stereocenters. The van der Waals surface area contributed by atoms with Crippen molar-refractivity contribution in [3.63, 3.8) is 0 Å². The molecule has 3 N–H and O–H groups in total. The Labute approximate surface area is 203 Å². The first-order chi connectivity index (χ1) is 16.3. The summed E-state index contributed by atoms with van der Waals surface area (Å²) in [5.74, 6) is -2.38. The molecule has 0 aliphatic rings. The van der Waals surface area contributed by atoms with Gasteiger partial charge in [0, 0.05) is 21.4 Å². The molecule has 0 saturated carbocycles. The number of carbonyl (C=O) groups excluding carboxylic acids is 3. The maximum atomic E-state index is 12.9. The number of amides is 3. The van der Waals surface area contributed by atoms with Crippen LogP contribution in [0, 0.1) is 5.82 Å². The zero-order valence-electron chi connectivity index (χ0n) is 17.3. The third kappa shape index (κ3) is 7.88. The second-order valence-electron chi connectivity index (χ2n) is 6.72. The summed E-state index contributed by atoms with van der Waals surface area (Å²) in [6, 6.07) is 16.1. The molecular weight excluding hydrogens is 486 g/mol. The Kier molecular flexibility index (Phi) is 8.55. The Morgan fingerprint density at radius 2 is 1.50 bits per heavy atom. The van der Waals surface area contributed by atoms with Crippen molar-refractivity contribution in [1.29, 1.82) is 0 Å². The lowest BCUT2D eigenvalue weighted by molar-refractivity contribution is -0.136. The van der Waals surface area contributed by atoms with Crippen LogP contribution in [-0.2, 0) is 14.4 Å². The third-order valence-electron chi connectivity index (χ3n) is 4.08. The predicted octanol–water partition coefficient (Wildman–Crippen LogP) is 4.24. The Bertz CT molecular complexity index is 1200. The lowest BCUT2D eigenvalue weighted by atomic mass is 10.2. The topological polar surface area (TPSA) is 109 Å². The summed E-state index contributed by atoms with van der Waals surface area (Å²) >= 11 is 11.8. The molecule has 174 valence electrons. The molecule has 8 nitrogen and oxygen atoms in total. The van der Waals surface area contributed by atoms with Crippen LogP contribution in [0.1, 0.15) is 5.56 Å². The van der Waals surface area contributed by atoms with Crippen molar-refractivity contribution in [1.82, 2.24) is 5.43 Å². The SMILES string of the molecule is O=C(COc1ccc(/C=N\NC(=O)C(=O)Nc2ccc(F)cc2)cc1)Nc1cc(Cl)cc(Cl)c1. The van der Waals surface area contributed by atoms with Gasteiger partial charge in [-0.05, 0) is 72.3 Å². The molecule has 0 aliphatic heterocycles. The molecule has 0 atom stereocenters. The molecule has 11 heteroatoms. The second-order valence-corrected chi connectivity index (χ2v) is 7.60. The predicted molar refractivity (Wildman–Crippen MR) is 128 cm³/mol. The van der Waals surface area contributed by atoms with E-state index in [2.05, 4.69) is 21.2 Å². The van der Waals surface area contributed by atoms with E-state index < -0.39 is 23.5 Å². The number of hydrazone groups is 1. The minimum Gasteiger partial charge on any atom is -0.484 e. The average molecular weight is 503 g/mol. The van der Waals surface area contributed by atoms with Gasteiger partial charge in [-0.3, -0.25) is 14.4 Å². The maximum Gasteiger partial charge on any atom is 0.329 e. The smallest absolute Gasteiger partial charge is 0.329 e. The van der Waals surface area contributed by atoms with Gasteiger partial charge in [0.25, 0.3) is 5.91 Å². The van der Waals surface area contributed by atoms with Crippen LogP contribution in [0.5, 0.6) is 5.75 Å². The number of rotatable bonds is 7. The Morgan fingerprint density at radius 1 is 0.853 bits per heavy atom. The van der Waals surface area contributed by atoms with E-state index in [0.29, 0.717) is 27.0 Å². The van der Waals surface area contributed by atoms with E-state index >= 15 is 0 Å². The Morgan fingerprint density at radius 3 is 2.15 bits per heavy atom. The van der Waals surface area contributed by atoms with E-state index in [0.717, 1.165) is 12.1 Å². The molecule has 3 aromatic rings. The van der Waals surface area contributed by atoms with E-state index in [-0.39, 0.29) is 12.3 Å². The van der Waals surface area contributed by atoms with Gasteiger partial charge in [-0.25, -0.2) is 9.82 Å². The zero-order valence-corrected chi connectivity index (χ0v) is 18.9. The molecule has 3 aromatic carbocycles. The van der Waals surface area contributed by atoms with Gasteiger partial charge in [0.2, 0.25) is 0 Å². The summed E-state index contributed by atoms with van der Waals surface area (Å²) in [4.78, 5) is 35.6. The van der Waals surface area contributed by atoms with Gasteiger partial charge in [0.15, 0.2) is 6.61 Å². The van der Waals surface area contributed by atoms with E-state index in [9.17, 15) is 18.8 Å². The lowest BCUT2D eigenvalue weighted by Crippen LogP contribution is -2.32. The first-order valence-corrected chi connectivity index (χ1v) is 10.4. The van der Waals surface area contributed by atoms with Crippen LogP contribution in [-0.4, -0.2) is 30.5 Å². The first-order valence-electron chi connectivity index (χ1n) is 9.67. The summed E-state index contributed by atoms with van der Waals surface area (Å²) in [6.07, 6.45) is 1.32. The molecular formula is C23H17Cl2FN4O4. The summed E-state index contributed by atoms with van der Waals surface area (Å²) in [7, 11) is 0. The van der Waals surface area contributed by atoms with Crippen molar-refractivity contribution in [2.45, 2.75) is 0 Å². The van der Waals surface area contributed by atoms with Crippen LogP contribution in [0.2, 0.25) is 10.0 Å². The minimum atomic E-state index is -0.993. The molecule has 0 bridgehead atoms. The van der Waals surface area contributed by atoms with Crippen molar-refractivity contribution in [3.8, 4) is 5.75 Å². The van der Waals surface area contributed by atoms with Crippen molar-refractivity contribution in [2.24, 2.45) is 5.10 Å². The van der Waals surface area contributed by atoms with Crippen LogP contribution in [0.4, 0.5) is 15.8 Å². The molecule has 0 saturated heterocycles. The largest absolute Gasteiger partial charge is 0.484 e. The van der Waals surface area contributed by atoms with Crippen LogP contribution in [0.15, 0.2) is 71.8 Å². The van der Waals surface area contributed by atoms with Crippen molar-refractivity contribution >= 4 is 58.5 Å². The summed E-state index contributed by atoms with van der Waals surface area (Å²) in [5, 5.41) is 9.44. The standard InChI is InChI=1S/C23H17Cl2FN4O4/c24-15-9-16(25)11-19(10-15)28-21(31)13-34-20-7-1-14(2-8-20)12-27-30-23(33)22(32)29-18-5-3-17(26)4-6-18/h1-12H,13H2,(H,28,31)(H,29,32)(H,30,33)/b27-12-. The van der Waals surface area contributed by atoms with E-state index in [4.69, 9.17) is 27.9 Å². The van der Waals surface area contributed by atoms with E-state index in [1.165, 1.54) is 18.3 Å². The Balaban J connectivity index is 1.43. The molecule has 0 radical (unpaired) electrons. The highest BCUT2D eigenvalue weighted by atomic mass is 35.5. The van der Waals surface area contributed by atoms with Crippen LogP contribution < -0.4 is 20.8 Å². The number of nitrogens with one attached hydrogen (secondary N) is 3. The highest BCUT2D eigenvalue weighted by Crippen LogP contribution is 2.22. The molecule has 0 aromatic heterocycles. The monoisotopic (exact) mass is 502 g/mol. The normalized spacial score (nSPS) is 10.6. The number of carbonyl (C=O) groups is 3. The number of nitrogens with zero attached hydrogens (tertiary/aromatic N) is 1. The molecule has 0 spiro atoms. The minimum absolute atomic E-state index is 0.239. The number of halogens is 3. The molecule has 3 amide bonds. The van der Waals surface area contributed by atoms with E-state index in [1.807, 2.05) is 0 Å². The van der Waals surface area contributed by atoms with Gasteiger partial charge >= 0.3 is 11.8 Å². The van der Waals surface area contributed by atoms with Crippen molar-refractivity contribution in [2.75, 3.05) is 17.2 Å². The van der Waals surface area contributed by atoms with Crippen LogP contribution >= 0.6 is 23.2 Å². The number of hydrogen-bond acceptors (Lipinski definition) is 5. The fourth-order valence-corrected chi connectivity index (χ4v) is 3.09. The van der Waals surface area contributed by atoms with Gasteiger partial charge in [0.05, 0.1) is 6.21 Å². The third-order valence-corrected chi connectivity index (χ3v) is 4.52. The Hall–Kier alpha value is -3.95. The van der Waals surface area contributed by atoms with Gasteiger partial charge in [-0.1, -0.05) is 23.2 Å². The molecule has 0 heterocycles. The molecule has 34 heavy (non-hydrogen) atoms. The average Bonchev–Trinajstić information content (AvgIpc) is 2.79. The highest BCUT2D eigenvalue weighted by Gasteiger charge is 2.12. The summed E-state index contributed by atoms with van der Waals surface area (Å²) < 4.78 is 18.3. The lowest BCUT2D eigenvalue weighted by Gasteiger charge is -2.08. The van der Waals surface area contributed by atoms with Gasteiger partial charge < -0.3 is 15.4 Å². The van der Waals surface area contributed by atoms with Crippen LogP contribution in [0.25, 0.3) is 0 Å². The zero-order chi connectivity index (χ0) is 24.5. The van der Waals surface area contributed by atoms with Crippen molar-refractivity contribution < 1.29 is 23.5 Å². The fraction of sp³-hybridized carbons (Fsp3) is 0.0435. The quantitative estimate of drug-likeness (QED) is 0.255. The molecule has 3 rings (SSSR count). The van der Waals surface area contributed by atoms with Gasteiger partial charge in [-0.2, -0.15) is 5.10 Å². The molecule has 0 fully saturated rings. The fourth-order valence-electron chi connectivity index (χ4n) is 2.56. The van der Waals surface area contributed by atoms with Gasteiger partial charge in [0.1, 0.15) is 11.6 Å². The number of ether oxygens (including phenoxy) is 1. The number of hydrogen-bond donors (Lipinski definition) is 3. The summed E-state index contributed by atoms with van der Waals surface area (Å²) in [6.45, 7) is -0.239. The van der Waals surface area contributed by atoms with Crippen LogP contribution in [0.3, 0.4) is 0 Å². The maximum absolute atomic E-state index is 12.9. The highest BCUT2D eigenvalue weighted by molar-refractivity contribution is 6.39. The van der Waals surface area contributed by atoms with E-state index in [1.54, 1.807) is 42.5 Å². The van der Waals surface area contributed by atoms with Crippen molar-refractivity contribution in [3.05, 3.63) is 88.2 Å². The number of benzene rings is 3. The second kappa shape index (κ2) is 11.8. The molecule has 0 aliphatic carbocycles. The first kappa shape index (κ1) is 24.7. The van der Waals surface area contributed by atoms with Gasteiger partial charge in [-0.15, -0.1) is 0 Å². The number of anilines is 2.